The maximum Gasteiger partial charge on any atom is 0.224 e. The van der Waals surface area contributed by atoms with E-state index in [1.54, 1.807) is 0 Å². The van der Waals surface area contributed by atoms with E-state index in [4.69, 9.17) is 0 Å². The quantitative estimate of drug-likeness (QED) is 0.783. The number of piperidine rings is 1. The largest absolute Gasteiger partial charge is 0.354 e. The van der Waals surface area contributed by atoms with Crippen molar-refractivity contribution in [1.29, 1.82) is 0 Å². The molecule has 0 bridgehead atoms. The SMILES string of the molecule is CSC1(CNC(=O)C2CCCNC2)CCC1. The van der Waals surface area contributed by atoms with Crippen LogP contribution in [0, 0.1) is 5.92 Å². The average Bonchev–Trinajstić information content (AvgIpc) is 2.29. The molecule has 16 heavy (non-hydrogen) atoms. The fraction of sp³-hybridized carbons (Fsp3) is 0.917. The predicted molar refractivity (Wildman–Crippen MR) is 68.7 cm³/mol. The number of hydrogen-bond acceptors (Lipinski definition) is 3. The van der Waals surface area contributed by atoms with Gasteiger partial charge in [0.05, 0.1) is 5.92 Å². The predicted octanol–water partition coefficient (Wildman–Crippen LogP) is 1.39. The van der Waals surface area contributed by atoms with Gasteiger partial charge in [0, 0.05) is 17.8 Å². The van der Waals surface area contributed by atoms with Crippen LogP contribution in [0.2, 0.25) is 0 Å². The second-order valence-electron chi connectivity index (χ2n) is 5.00. The minimum Gasteiger partial charge on any atom is -0.354 e. The van der Waals surface area contributed by atoms with Crippen molar-refractivity contribution < 1.29 is 4.79 Å². The van der Waals surface area contributed by atoms with Crippen molar-refractivity contribution in [1.82, 2.24) is 10.6 Å². The fourth-order valence-corrected chi connectivity index (χ4v) is 3.41. The summed E-state index contributed by atoms with van der Waals surface area (Å²) in [4.78, 5) is 11.9. The molecule has 1 aliphatic heterocycles. The topological polar surface area (TPSA) is 41.1 Å². The van der Waals surface area contributed by atoms with Crippen LogP contribution in [0.15, 0.2) is 0 Å². The third-order valence-corrected chi connectivity index (χ3v) is 5.37. The maximum atomic E-state index is 11.9. The van der Waals surface area contributed by atoms with Crippen LogP contribution in [0.25, 0.3) is 0 Å². The van der Waals surface area contributed by atoms with E-state index < -0.39 is 0 Å². The average molecular weight is 242 g/mol. The van der Waals surface area contributed by atoms with Gasteiger partial charge in [-0.3, -0.25) is 4.79 Å². The van der Waals surface area contributed by atoms with Crippen LogP contribution in [0.5, 0.6) is 0 Å². The van der Waals surface area contributed by atoms with Gasteiger partial charge < -0.3 is 10.6 Å². The zero-order chi connectivity index (χ0) is 11.4. The van der Waals surface area contributed by atoms with Gasteiger partial charge >= 0.3 is 0 Å². The van der Waals surface area contributed by atoms with E-state index in [1.165, 1.54) is 19.3 Å². The van der Waals surface area contributed by atoms with Gasteiger partial charge in [-0.2, -0.15) is 11.8 Å². The van der Waals surface area contributed by atoms with Crippen molar-refractivity contribution in [2.24, 2.45) is 5.92 Å². The first kappa shape index (κ1) is 12.2. The van der Waals surface area contributed by atoms with E-state index in [1.807, 2.05) is 11.8 Å². The molecule has 0 spiro atoms. The van der Waals surface area contributed by atoms with Crippen molar-refractivity contribution in [3.63, 3.8) is 0 Å². The smallest absolute Gasteiger partial charge is 0.224 e. The van der Waals surface area contributed by atoms with Crippen LogP contribution in [-0.2, 0) is 4.79 Å². The Morgan fingerprint density at radius 1 is 1.50 bits per heavy atom. The number of amides is 1. The third-order valence-electron chi connectivity index (χ3n) is 3.95. The van der Waals surface area contributed by atoms with Gasteiger partial charge in [-0.15, -0.1) is 0 Å². The Labute approximate surface area is 102 Å². The normalized spacial score (nSPS) is 28.2. The molecule has 2 aliphatic rings. The van der Waals surface area contributed by atoms with Crippen molar-refractivity contribution >= 4 is 17.7 Å². The molecule has 1 unspecified atom stereocenters. The summed E-state index contributed by atoms with van der Waals surface area (Å²) in [7, 11) is 0. The van der Waals surface area contributed by atoms with E-state index in [0.717, 1.165) is 32.5 Å². The summed E-state index contributed by atoms with van der Waals surface area (Å²) in [5, 5.41) is 6.44. The molecule has 3 nitrogen and oxygen atoms in total. The van der Waals surface area contributed by atoms with Crippen molar-refractivity contribution in [2.45, 2.75) is 36.9 Å². The Bertz CT molecular complexity index is 242. The Hall–Kier alpha value is -0.220. The fourth-order valence-electron chi connectivity index (χ4n) is 2.49. The van der Waals surface area contributed by atoms with E-state index in [-0.39, 0.29) is 11.8 Å². The number of nitrogens with one attached hydrogen (secondary N) is 2. The lowest BCUT2D eigenvalue weighted by Crippen LogP contribution is -2.48. The molecule has 2 rings (SSSR count). The van der Waals surface area contributed by atoms with Crippen LogP contribution in [0.1, 0.15) is 32.1 Å². The molecular weight excluding hydrogens is 220 g/mol. The summed E-state index contributed by atoms with van der Waals surface area (Å²) in [5.74, 6) is 0.459. The molecule has 1 atom stereocenters. The molecule has 0 aromatic heterocycles. The van der Waals surface area contributed by atoms with Crippen LogP contribution in [0.3, 0.4) is 0 Å². The zero-order valence-corrected chi connectivity index (χ0v) is 10.9. The molecule has 0 aromatic rings. The molecule has 92 valence electrons. The van der Waals surface area contributed by atoms with Crippen molar-refractivity contribution in [3.05, 3.63) is 0 Å². The second kappa shape index (κ2) is 5.41. The minimum atomic E-state index is 0.202. The first-order chi connectivity index (χ1) is 7.76. The molecule has 0 radical (unpaired) electrons. The number of hydrogen-bond donors (Lipinski definition) is 2. The van der Waals surface area contributed by atoms with Crippen molar-refractivity contribution in [3.8, 4) is 0 Å². The highest BCUT2D eigenvalue weighted by molar-refractivity contribution is 8.00. The number of thioether (sulfide) groups is 1. The van der Waals surface area contributed by atoms with Gasteiger partial charge in [-0.25, -0.2) is 0 Å². The number of rotatable bonds is 4. The molecule has 1 saturated carbocycles. The van der Waals surface area contributed by atoms with Crippen LogP contribution >= 0.6 is 11.8 Å². The lowest BCUT2D eigenvalue weighted by molar-refractivity contribution is -0.125. The Morgan fingerprint density at radius 2 is 2.31 bits per heavy atom. The molecular formula is C12H22N2OS. The molecule has 1 saturated heterocycles. The standard InChI is InChI=1S/C12H22N2OS/c1-16-12(5-3-6-12)9-14-11(15)10-4-2-7-13-8-10/h10,13H,2-9H2,1H3,(H,14,15). The maximum absolute atomic E-state index is 11.9. The summed E-state index contributed by atoms with van der Waals surface area (Å²) in [5.41, 5.74) is 0. The molecule has 1 aliphatic carbocycles. The molecule has 0 aromatic carbocycles. The summed E-state index contributed by atoms with van der Waals surface area (Å²) in [6.45, 7) is 2.79. The van der Waals surface area contributed by atoms with E-state index >= 15 is 0 Å². The Balaban J connectivity index is 1.74. The third kappa shape index (κ3) is 2.72. The zero-order valence-electron chi connectivity index (χ0n) is 10.1. The lowest BCUT2D eigenvalue weighted by Gasteiger charge is -2.40. The Kier molecular flexibility index (Phi) is 4.14. The van der Waals surface area contributed by atoms with Gasteiger partial charge in [0.15, 0.2) is 0 Å². The van der Waals surface area contributed by atoms with Gasteiger partial charge in [0.1, 0.15) is 0 Å². The van der Waals surface area contributed by atoms with E-state index in [9.17, 15) is 4.79 Å². The molecule has 1 amide bonds. The first-order valence-corrected chi connectivity index (χ1v) is 7.52. The van der Waals surface area contributed by atoms with Gasteiger partial charge in [-0.1, -0.05) is 6.42 Å². The van der Waals surface area contributed by atoms with E-state index in [2.05, 4.69) is 16.9 Å². The minimum absolute atomic E-state index is 0.202. The summed E-state index contributed by atoms with van der Waals surface area (Å²) in [6, 6.07) is 0. The summed E-state index contributed by atoms with van der Waals surface area (Å²) in [6.07, 6.45) is 8.18. The molecule has 1 heterocycles. The highest BCUT2D eigenvalue weighted by atomic mass is 32.2. The number of carbonyl (C=O) groups excluding carboxylic acids is 1. The van der Waals surface area contributed by atoms with Crippen LogP contribution < -0.4 is 10.6 Å². The Morgan fingerprint density at radius 3 is 2.81 bits per heavy atom. The van der Waals surface area contributed by atoms with Crippen LogP contribution in [0.4, 0.5) is 0 Å². The van der Waals surface area contributed by atoms with Gasteiger partial charge in [-0.05, 0) is 38.5 Å². The molecule has 2 fully saturated rings. The lowest BCUT2D eigenvalue weighted by atomic mass is 9.84. The highest BCUT2D eigenvalue weighted by Gasteiger charge is 2.36. The first-order valence-electron chi connectivity index (χ1n) is 6.29. The van der Waals surface area contributed by atoms with Crippen LogP contribution in [-0.4, -0.2) is 36.5 Å². The molecule has 4 heteroatoms. The second-order valence-corrected chi connectivity index (χ2v) is 6.28. The number of carbonyl (C=O) groups is 1. The van der Waals surface area contributed by atoms with Crippen molar-refractivity contribution in [2.75, 3.05) is 25.9 Å². The van der Waals surface area contributed by atoms with E-state index in [0.29, 0.717) is 4.75 Å². The van der Waals surface area contributed by atoms with Gasteiger partial charge in [0.2, 0.25) is 5.91 Å². The molecule has 2 N–H and O–H groups in total. The van der Waals surface area contributed by atoms with Gasteiger partial charge in [0.25, 0.3) is 0 Å². The summed E-state index contributed by atoms with van der Waals surface area (Å²) < 4.78 is 0.359. The highest BCUT2D eigenvalue weighted by Crippen LogP contribution is 2.42. The summed E-state index contributed by atoms with van der Waals surface area (Å²) >= 11 is 1.92. The monoisotopic (exact) mass is 242 g/mol.